The van der Waals surface area contributed by atoms with Gasteiger partial charge in [0.05, 0.1) is 6.61 Å². The van der Waals surface area contributed by atoms with Crippen molar-refractivity contribution in [3.05, 3.63) is 71.1 Å². The van der Waals surface area contributed by atoms with Gasteiger partial charge in [0.25, 0.3) is 0 Å². The Kier molecular flexibility index (Phi) is 5.37. The number of ether oxygens (including phenoxy) is 1. The summed E-state index contributed by atoms with van der Waals surface area (Å²) in [5.74, 6) is 0.154. The number of ketones is 2. The Morgan fingerprint density at radius 2 is 1.58 bits per heavy atom. The average Bonchev–Trinajstić information content (AvgIpc) is 2.68. The summed E-state index contributed by atoms with van der Waals surface area (Å²) in [5.41, 5.74) is 7.36. The summed E-state index contributed by atoms with van der Waals surface area (Å²) in [4.78, 5) is 25.1. The van der Waals surface area contributed by atoms with Crippen LogP contribution in [0.2, 0.25) is 0 Å². The third kappa shape index (κ3) is 3.61. The lowest BCUT2D eigenvalue weighted by Gasteiger charge is -2.19. The molecule has 0 radical (unpaired) electrons. The van der Waals surface area contributed by atoms with E-state index in [1.165, 1.54) is 0 Å². The predicted octanol–water partition coefficient (Wildman–Crippen LogP) is 3.92. The molecule has 0 fully saturated rings. The molecule has 0 unspecified atom stereocenters. The second-order valence-electron chi connectivity index (χ2n) is 6.20. The van der Waals surface area contributed by atoms with Gasteiger partial charge < -0.3 is 15.8 Å². The summed E-state index contributed by atoms with van der Waals surface area (Å²) in [6, 6.07) is 14.0. The lowest BCUT2D eigenvalue weighted by Crippen LogP contribution is -2.29. The number of carbonyl (C=O) groups is 2. The number of hydrogen-bond acceptors (Lipinski definition) is 5. The molecule has 0 amide bonds. The lowest BCUT2D eigenvalue weighted by molar-refractivity contribution is 0.0974. The van der Waals surface area contributed by atoms with E-state index in [2.05, 4.69) is 12.2 Å². The van der Waals surface area contributed by atoms with Crippen molar-refractivity contribution >= 4 is 17.3 Å². The number of allylic oxidation sites excluding steroid dienone is 2. The molecule has 26 heavy (non-hydrogen) atoms. The molecule has 3 N–H and O–H groups in total. The van der Waals surface area contributed by atoms with Gasteiger partial charge in [-0.25, -0.2) is 0 Å². The highest BCUT2D eigenvalue weighted by molar-refractivity contribution is 6.27. The Balaban J connectivity index is 1.73. The molecule has 2 aromatic carbocycles. The molecule has 0 aliphatic heterocycles. The van der Waals surface area contributed by atoms with Crippen LogP contribution in [0.4, 0.5) is 5.69 Å². The molecule has 1 aliphatic rings. The number of fused-ring (bicyclic) bond motifs is 1. The topological polar surface area (TPSA) is 81.4 Å². The van der Waals surface area contributed by atoms with E-state index in [0.29, 0.717) is 23.4 Å². The van der Waals surface area contributed by atoms with E-state index in [9.17, 15) is 9.59 Å². The molecule has 134 valence electrons. The molecule has 3 rings (SSSR count). The number of carbonyl (C=O) groups excluding carboxylic acids is 2. The van der Waals surface area contributed by atoms with Gasteiger partial charge in [0.2, 0.25) is 11.6 Å². The highest BCUT2D eigenvalue weighted by atomic mass is 16.5. The van der Waals surface area contributed by atoms with E-state index < -0.39 is 0 Å². The van der Waals surface area contributed by atoms with Crippen LogP contribution in [0.25, 0.3) is 0 Å². The lowest BCUT2D eigenvalue weighted by atomic mass is 9.90. The zero-order chi connectivity index (χ0) is 18.5. The van der Waals surface area contributed by atoms with Crippen molar-refractivity contribution in [2.45, 2.75) is 26.2 Å². The molecule has 0 aromatic heterocycles. The van der Waals surface area contributed by atoms with Gasteiger partial charge >= 0.3 is 0 Å². The van der Waals surface area contributed by atoms with Crippen LogP contribution in [-0.2, 0) is 0 Å². The molecule has 0 atom stereocenters. The third-order valence-electron chi connectivity index (χ3n) is 4.30. The van der Waals surface area contributed by atoms with Gasteiger partial charge in [-0.05, 0) is 30.7 Å². The number of benzene rings is 2. The molecule has 1 aliphatic carbocycles. The van der Waals surface area contributed by atoms with E-state index >= 15 is 0 Å². The Labute approximate surface area is 152 Å². The number of anilines is 1. The van der Waals surface area contributed by atoms with E-state index in [-0.39, 0.29) is 23.0 Å². The van der Waals surface area contributed by atoms with Crippen molar-refractivity contribution in [2.75, 3.05) is 11.9 Å². The Morgan fingerprint density at radius 3 is 2.23 bits per heavy atom. The number of hydrogen-bond donors (Lipinski definition) is 2. The molecule has 0 spiro atoms. The van der Waals surface area contributed by atoms with Crippen LogP contribution in [0, 0.1) is 0 Å². The maximum absolute atomic E-state index is 12.7. The monoisotopic (exact) mass is 350 g/mol. The molecule has 5 heteroatoms. The van der Waals surface area contributed by atoms with Gasteiger partial charge in [-0.3, -0.25) is 9.59 Å². The molecule has 2 aromatic rings. The summed E-state index contributed by atoms with van der Waals surface area (Å²) < 4.78 is 5.67. The van der Waals surface area contributed by atoms with Crippen molar-refractivity contribution < 1.29 is 14.3 Å². The maximum Gasteiger partial charge on any atom is 0.212 e. The van der Waals surface area contributed by atoms with Crippen LogP contribution in [0.1, 0.15) is 46.9 Å². The van der Waals surface area contributed by atoms with Crippen molar-refractivity contribution in [1.29, 1.82) is 0 Å². The fourth-order valence-corrected chi connectivity index (χ4v) is 2.84. The van der Waals surface area contributed by atoms with Crippen LogP contribution in [-0.4, -0.2) is 18.2 Å². The van der Waals surface area contributed by atoms with E-state index in [0.717, 1.165) is 25.0 Å². The standard InChI is InChI=1S/C21H22N2O3/c1-2-3-6-13-26-15-11-9-14(10-12-15)23-19-18(22)20(24)16-7-4-5-8-17(16)21(19)25/h4-5,7-12,23H,2-3,6,13,22H2,1H3. The molecule has 0 saturated carbocycles. The second-order valence-corrected chi connectivity index (χ2v) is 6.20. The first kappa shape index (κ1) is 17.7. The fourth-order valence-electron chi connectivity index (χ4n) is 2.84. The predicted molar refractivity (Wildman–Crippen MR) is 101 cm³/mol. The van der Waals surface area contributed by atoms with Crippen LogP contribution in [0.5, 0.6) is 5.75 Å². The first-order valence-electron chi connectivity index (χ1n) is 8.80. The molecular formula is C21H22N2O3. The SMILES string of the molecule is CCCCCOc1ccc(NC2=C(N)C(=O)c3ccccc3C2=O)cc1. The summed E-state index contributed by atoms with van der Waals surface area (Å²) >= 11 is 0. The Hall–Kier alpha value is -3.08. The molecule has 0 bridgehead atoms. The normalized spacial score (nSPS) is 13.6. The third-order valence-corrected chi connectivity index (χ3v) is 4.30. The van der Waals surface area contributed by atoms with Gasteiger partial charge in [0.15, 0.2) is 0 Å². The number of unbranched alkanes of at least 4 members (excludes halogenated alkanes) is 2. The Morgan fingerprint density at radius 1 is 0.923 bits per heavy atom. The van der Waals surface area contributed by atoms with Gasteiger partial charge in [-0.15, -0.1) is 0 Å². The summed E-state index contributed by atoms with van der Waals surface area (Å²) in [7, 11) is 0. The first-order valence-corrected chi connectivity index (χ1v) is 8.80. The first-order chi connectivity index (χ1) is 12.6. The summed E-state index contributed by atoms with van der Waals surface area (Å²) in [5, 5.41) is 2.98. The molecule has 0 saturated heterocycles. The largest absolute Gasteiger partial charge is 0.494 e. The highest BCUT2D eigenvalue weighted by Crippen LogP contribution is 2.26. The molecular weight excluding hydrogens is 328 g/mol. The number of rotatable bonds is 7. The van der Waals surface area contributed by atoms with E-state index in [1.54, 1.807) is 36.4 Å². The average molecular weight is 350 g/mol. The van der Waals surface area contributed by atoms with Crippen LogP contribution in [0.3, 0.4) is 0 Å². The smallest absolute Gasteiger partial charge is 0.212 e. The van der Waals surface area contributed by atoms with Crippen LogP contribution >= 0.6 is 0 Å². The van der Waals surface area contributed by atoms with Gasteiger partial charge in [0, 0.05) is 16.8 Å². The van der Waals surface area contributed by atoms with E-state index in [1.807, 2.05) is 12.1 Å². The second kappa shape index (κ2) is 7.87. The van der Waals surface area contributed by atoms with Gasteiger partial charge in [-0.1, -0.05) is 44.0 Å². The summed E-state index contributed by atoms with van der Waals surface area (Å²) in [6.07, 6.45) is 3.32. The zero-order valence-corrected chi connectivity index (χ0v) is 14.7. The Bertz CT molecular complexity index is 854. The molecule has 0 heterocycles. The van der Waals surface area contributed by atoms with Crippen molar-refractivity contribution in [3.8, 4) is 5.75 Å². The fraction of sp³-hybridized carbons (Fsp3) is 0.238. The van der Waals surface area contributed by atoms with Crippen molar-refractivity contribution in [1.82, 2.24) is 0 Å². The minimum absolute atomic E-state index is 0.0615. The summed E-state index contributed by atoms with van der Waals surface area (Å²) in [6.45, 7) is 2.83. The van der Waals surface area contributed by atoms with Gasteiger partial charge in [0.1, 0.15) is 17.1 Å². The minimum Gasteiger partial charge on any atom is -0.494 e. The number of nitrogens with two attached hydrogens (primary N) is 1. The van der Waals surface area contributed by atoms with E-state index in [4.69, 9.17) is 10.5 Å². The van der Waals surface area contributed by atoms with Crippen molar-refractivity contribution in [2.24, 2.45) is 5.73 Å². The zero-order valence-electron chi connectivity index (χ0n) is 14.7. The number of Topliss-reactive ketones (excluding diaryl/α,β-unsaturated/α-hetero) is 2. The van der Waals surface area contributed by atoms with Gasteiger partial charge in [-0.2, -0.15) is 0 Å². The minimum atomic E-state index is -0.335. The number of nitrogens with one attached hydrogen (secondary N) is 1. The molecule has 5 nitrogen and oxygen atoms in total. The van der Waals surface area contributed by atoms with Crippen LogP contribution < -0.4 is 15.8 Å². The highest BCUT2D eigenvalue weighted by Gasteiger charge is 2.30. The quantitative estimate of drug-likeness (QED) is 0.740. The maximum atomic E-state index is 12.7. The van der Waals surface area contributed by atoms with Crippen molar-refractivity contribution in [3.63, 3.8) is 0 Å². The van der Waals surface area contributed by atoms with Crippen LogP contribution in [0.15, 0.2) is 59.9 Å².